The number of aldehydes is 1. The summed E-state index contributed by atoms with van der Waals surface area (Å²) in [6, 6.07) is 6.94. The van der Waals surface area contributed by atoms with Crippen LogP contribution in [0.25, 0.3) is 0 Å². The molecule has 14 heavy (non-hydrogen) atoms. The molecule has 0 amide bonds. The lowest BCUT2D eigenvalue weighted by Gasteiger charge is -1.96. The van der Waals surface area contributed by atoms with Gasteiger partial charge < -0.3 is 4.74 Å². The Labute approximate surface area is 86.9 Å². The molecule has 0 fully saturated rings. The lowest BCUT2D eigenvalue weighted by Crippen LogP contribution is -1.82. The number of benzene rings is 1. The monoisotopic (exact) mass is 196 g/mol. The van der Waals surface area contributed by atoms with Gasteiger partial charge in [-0.25, -0.2) is 0 Å². The van der Waals surface area contributed by atoms with E-state index in [4.69, 9.17) is 4.74 Å². The molecule has 0 unspecified atom stereocenters. The molecule has 1 rings (SSSR count). The van der Waals surface area contributed by atoms with Crippen molar-refractivity contribution in [3.05, 3.63) is 29.8 Å². The first kappa shape index (κ1) is 15.2. The maximum absolute atomic E-state index is 10.2. The maximum atomic E-state index is 10.2. The zero-order valence-electron chi connectivity index (χ0n) is 9.70. The highest BCUT2D eigenvalue weighted by atomic mass is 16.5. The number of methoxy groups -OCH3 is 1. The van der Waals surface area contributed by atoms with E-state index in [0.29, 0.717) is 5.56 Å². The Hall–Kier alpha value is -1.31. The van der Waals surface area contributed by atoms with Gasteiger partial charge in [-0.15, -0.1) is 0 Å². The smallest absolute Gasteiger partial charge is 0.150 e. The van der Waals surface area contributed by atoms with Gasteiger partial charge in [0.15, 0.2) is 0 Å². The first-order valence-corrected chi connectivity index (χ1v) is 4.96. The van der Waals surface area contributed by atoms with Gasteiger partial charge in [0.2, 0.25) is 0 Å². The van der Waals surface area contributed by atoms with Crippen molar-refractivity contribution >= 4 is 6.29 Å². The molecule has 1 aromatic rings. The van der Waals surface area contributed by atoms with Gasteiger partial charge in [0, 0.05) is 5.56 Å². The molecule has 0 heterocycles. The van der Waals surface area contributed by atoms with Gasteiger partial charge in [0.25, 0.3) is 0 Å². The minimum Gasteiger partial charge on any atom is -0.497 e. The summed E-state index contributed by atoms with van der Waals surface area (Å²) < 4.78 is 4.90. The summed E-state index contributed by atoms with van der Waals surface area (Å²) in [5.41, 5.74) is 0.667. The molecule has 0 N–H and O–H groups in total. The molecule has 80 valence electrons. The topological polar surface area (TPSA) is 26.3 Å². The predicted molar refractivity (Wildman–Crippen MR) is 61.1 cm³/mol. The normalized spacial score (nSPS) is 7.21. The van der Waals surface area contributed by atoms with Crippen LogP contribution in [0.2, 0.25) is 0 Å². The number of carbonyl (C=O) groups excluding carboxylic acids is 1. The minimum absolute atomic E-state index is 0.667. The van der Waals surface area contributed by atoms with Crippen molar-refractivity contribution in [1.29, 1.82) is 0 Å². The molecule has 0 bridgehead atoms. The van der Waals surface area contributed by atoms with E-state index >= 15 is 0 Å². The van der Waals surface area contributed by atoms with E-state index in [1.54, 1.807) is 31.4 Å². The maximum Gasteiger partial charge on any atom is 0.150 e. The second-order valence-corrected chi connectivity index (χ2v) is 1.89. The fourth-order valence-electron chi connectivity index (χ4n) is 0.682. The van der Waals surface area contributed by atoms with Crippen molar-refractivity contribution in [3.63, 3.8) is 0 Å². The highest BCUT2D eigenvalue weighted by Crippen LogP contribution is 2.09. The Morgan fingerprint density at radius 1 is 1.00 bits per heavy atom. The van der Waals surface area contributed by atoms with E-state index in [1.165, 1.54) is 0 Å². The van der Waals surface area contributed by atoms with Crippen LogP contribution in [0.1, 0.15) is 38.1 Å². The van der Waals surface area contributed by atoms with Crippen LogP contribution in [-0.4, -0.2) is 13.4 Å². The standard InChI is InChI=1S/C8H8O2.2C2H6/c1-10-8-4-2-7(6-9)3-5-8;2*1-2/h2-6H,1H3;2*1-2H3. The lowest BCUT2D eigenvalue weighted by atomic mass is 10.2. The van der Waals surface area contributed by atoms with Gasteiger partial charge in [0.05, 0.1) is 7.11 Å². The Balaban J connectivity index is 0. The fourth-order valence-corrected chi connectivity index (χ4v) is 0.682. The fraction of sp³-hybridized carbons (Fsp3) is 0.417. The van der Waals surface area contributed by atoms with Crippen molar-refractivity contribution in [2.75, 3.05) is 7.11 Å². The number of rotatable bonds is 2. The average molecular weight is 196 g/mol. The quantitative estimate of drug-likeness (QED) is 0.676. The van der Waals surface area contributed by atoms with Crippen LogP contribution in [0.4, 0.5) is 0 Å². The van der Waals surface area contributed by atoms with Crippen LogP contribution in [0.5, 0.6) is 5.75 Å². The number of ether oxygens (including phenoxy) is 1. The highest BCUT2D eigenvalue weighted by Gasteiger charge is 1.89. The molecule has 0 radical (unpaired) electrons. The summed E-state index contributed by atoms with van der Waals surface area (Å²) >= 11 is 0. The number of hydrogen-bond acceptors (Lipinski definition) is 2. The van der Waals surface area contributed by atoms with Crippen LogP contribution in [0.15, 0.2) is 24.3 Å². The van der Waals surface area contributed by atoms with Crippen molar-refractivity contribution in [1.82, 2.24) is 0 Å². The summed E-state index contributed by atoms with van der Waals surface area (Å²) in [5, 5.41) is 0. The first-order valence-electron chi connectivity index (χ1n) is 4.96. The Kier molecular flexibility index (Phi) is 12.7. The van der Waals surface area contributed by atoms with Gasteiger partial charge >= 0.3 is 0 Å². The third-order valence-corrected chi connectivity index (χ3v) is 1.25. The van der Waals surface area contributed by atoms with Crippen LogP contribution >= 0.6 is 0 Å². The molecular formula is C12H20O2. The summed E-state index contributed by atoms with van der Waals surface area (Å²) in [6.07, 6.45) is 0.805. The number of hydrogen-bond donors (Lipinski definition) is 0. The summed E-state index contributed by atoms with van der Waals surface area (Å²) in [4.78, 5) is 10.2. The number of carbonyl (C=O) groups is 1. The second-order valence-electron chi connectivity index (χ2n) is 1.89. The Morgan fingerprint density at radius 2 is 1.43 bits per heavy atom. The second kappa shape index (κ2) is 11.7. The SMILES string of the molecule is CC.CC.COc1ccc(C=O)cc1. The van der Waals surface area contributed by atoms with E-state index in [9.17, 15) is 4.79 Å². The van der Waals surface area contributed by atoms with Crippen molar-refractivity contribution < 1.29 is 9.53 Å². The highest BCUT2D eigenvalue weighted by molar-refractivity contribution is 5.74. The summed E-state index contributed by atoms with van der Waals surface area (Å²) in [6.45, 7) is 8.00. The Bertz CT molecular complexity index is 214. The van der Waals surface area contributed by atoms with Crippen LogP contribution in [0, 0.1) is 0 Å². The van der Waals surface area contributed by atoms with Crippen LogP contribution < -0.4 is 4.74 Å². The summed E-state index contributed by atoms with van der Waals surface area (Å²) in [5.74, 6) is 0.769. The van der Waals surface area contributed by atoms with E-state index in [0.717, 1.165) is 12.0 Å². The molecule has 0 atom stereocenters. The molecule has 0 aliphatic rings. The average Bonchev–Trinajstić information content (AvgIpc) is 2.34. The van der Waals surface area contributed by atoms with Crippen LogP contribution in [-0.2, 0) is 0 Å². The third-order valence-electron chi connectivity index (χ3n) is 1.25. The van der Waals surface area contributed by atoms with Crippen molar-refractivity contribution in [2.45, 2.75) is 27.7 Å². The molecule has 0 aliphatic heterocycles. The van der Waals surface area contributed by atoms with Gasteiger partial charge in [0.1, 0.15) is 12.0 Å². The van der Waals surface area contributed by atoms with Crippen molar-refractivity contribution in [2.24, 2.45) is 0 Å². The van der Waals surface area contributed by atoms with E-state index < -0.39 is 0 Å². The van der Waals surface area contributed by atoms with Gasteiger partial charge in [-0.1, -0.05) is 27.7 Å². The third kappa shape index (κ3) is 6.23. The molecule has 2 heteroatoms. The zero-order chi connectivity index (χ0) is 11.4. The van der Waals surface area contributed by atoms with Crippen molar-refractivity contribution in [3.8, 4) is 5.75 Å². The van der Waals surface area contributed by atoms with E-state index in [1.807, 2.05) is 27.7 Å². The zero-order valence-corrected chi connectivity index (χ0v) is 9.70. The molecule has 0 saturated carbocycles. The molecule has 1 aromatic carbocycles. The van der Waals surface area contributed by atoms with Crippen LogP contribution in [0.3, 0.4) is 0 Å². The molecular weight excluding hydrogens is 176 g/mol. The largest absolute Gasteiger partial charge is 0.497 e. The molecule has 0 spiro atoms. The molecule has 0 aliphatic carbocycles. The van der Waals surface area contributed by atoms with E-state index in [2.05, 4.69) is 0 Å². The summed E-state index contributed by atoms with van der Waals surface area (Å²) in [7, 11) is 1.59. The Morgan fingerprint density at radius 3 is 1.71 bits per heavy atom. The minimum atomic E-state index is 0.667. The molecule has 0 aromatic heterocycles. The lowest BCUT2D eigenvalue weighted by molar-refractivity contribution is 0.112. The first-order chi connectivity index (χ1) is 6.86. The van der Waals surface area contributed by atoms with Gasteiger partial charge in [-0.05, 0) is 24.3 Å². The van der Waals surface area contributed by atoms with E-state index in [-0.39, 0.29) is 0 Å². The predicted octanol–water partition coefficient (Wildman–Crippen LogP) is 3.56. The molecule has 0 saturated heterocycles. The molecule has 2 nitrogen and oxygen atoms in total. The van der Waals surface area contributed by atoms with Gasteiger partial charge in [-0.2, -0.15) is 0 Å². The van der Waals surface area contributed by atoms with Gasteiger partial charge in [-0.3, -0.25) is 4.79 Å².